The summed E-state index contributed by atoms with van der Waals surface area (Å²) in [5.74, 6) is -0.859. The first-order valence-electron chi connectivity index (χ1n) is 8.92. The van der Waals surface area contributed by atoms with Gasteiger partial charge in [0, 0.05) is 11.5 Å². The van der Waals surface area contributed by atoms with Crippen LogP contribution in [0.4, 0.5) is 4.39 Å². The smallest absolute Gasteiger partial charge is 0.145 e. The largest absolute Gasteiger partial charge is 0.324 e. The Morgan fingerprint density at radius 1 is 1.29 bits per heavy atom. The molecule has 4 unspecified atom stereocenters. The van der Waals surface area contributed by atoms with E-state index in [1.54, 1.807) is 12.1 Å². The van der Waals surface area contributed by atoms with Crippen LogP contribution in [0.3, 0.4) is 0 Å². The molecule has 0 spiro atoms. The fourth-order valence-electron chi connectivity index (χ4n) is 5.06. The van der Waals surface area contributed by atoms with Crippen LogP contribution in [0.1, 0.15) is 63.9 Å². The fraction of sp³-hybridized carbons (Fsp3) is 0.650. The number of nitriles is 1. The molecule has 0 saturated heterocycles. The van der Waals surface area contributed by atoms with Crippen molar-refractivity contribution in [2.75, 3.05) is 0 Å². The lowest BCUT2D eigenvalue weighted by Crippen LogP contribution is -2.65. The van der Waals surface area contributed by atoms with Gasteiger partial charge in [0.2, 0.25) is 0 Å². The molecule has 2 saturated carbocycles. The molecule has 0 radical (unpaired) electrons. The van der Waals surface area contributed by atoms with E-state index in [1.165, 1.54) is 38.2 Å². The first-order chi connectivity index (χ1) is 11.3. The van der Waals surface area contributed by atoms with Gasteiger partial charge >= 0.3 is 0 Å². The molecule has 24 heavy (non-hydrogen) atoms. The van der Waals surface area contributed by atoms with Gasteiger partial charge in [0.1, 0.15) is 5.82 Å². The topological polar surface area (TPSA) is 49.8 Å². The van der Waals surface area contributed by atoms with Crippen LogP contribution in [0.15, 0.2) is 18.2 Å². The van der Waals surface area contributed by atoms with Crippen LogP contribution < -0.4 is 5.73 Å². The van der Waals surface area contributed by atoms with E-state index in [9.17, 15) is 9.65 Å². The van der Waals surface area contributed by atoms with Crippen LogP contribution in [-0.4, -0.2) is 5.54 Å². The highest BCUT2D eigenvalue weighted by Gasteiger charge is 2.59. The fourth-order valence-corrected chi connectivity index (χ4v) is 5.24. The van der Waals surface area contributed by atoms with E-state index >= 15 is 0 Å². The van der Waals surface area contributed by atoms with Gasteiger partial charge in [0.25, 0.3) is 0 Å². The molecule has 4 atom stereocenters. The lowest BCUT2D eigenvalue weighted by Gasteiger charge is -2.58. The molecule has 1 aromatic carbocycles. The predicted octanol–water partition coefficient (Wildman–Crippen LogP) is 5.41. The molecule has 4 heteroatoms. The van der Waals surface area contributed by atoms with Crippen molar-refractivity contribution in [3.05, 3.63) is 34.6 Å². The van der Waals surface area contributed by atoms with Crippen LogP contribution in [0.25, 0.3) is 0 Å². The van der Waals surface area contributed by atoms with E-state index in [1.807, 2.05) is 6.92 Å². The molecule has 0 aromatic heterocycles. The quantitative estimate of drug-likeness (QED) is 0.793. The van der Waals surface area contributed by atoms with Gasteiger partial charge in [0.15, 0.2) is 0 Å². The van der Waals surface area contributed by atoms with Crippen LogP contribution in [-0.2, 0) is 0 Å². The van der Waals surface area contributed by atoms with Gasteiger partial charge in [-0.15, -0.1) is 0 Å². The van der Waals surface area contributed by atoms with Crippen molar-refractivity contribution in [3.63, 3.8) is 0 Å². The average Bonchev–Trinajstić information content (AvgIpc) is 2.54. The minimum Gasteiger partial charge on any atom is -0.324 e. The van der Waals surface area contributed by atoms with Gasteiger partial charge in [-0.2, -0.15) is 5.26 Å². The molecule has 1 aromatic rings. The second-order valence-corrected chi connectivity index (χ2v) is 8.73. The molecule has 3 rings (SSSR count). The molecule has 0 amide bonds. The van der Waals surface area contributed by atoms with Crippen LogP contribution in [0.2, 0.25) is 5.02 Å². The monoisotopic (exact) mass is 348 g/mol. The summed E-state index contributed by atoms with van der Waals surface area (Å²) < 4.78 is 14.5. The highest BCUT2D eigenvalue weighted by atomic mass is 35.5. The summed E-state index contributed by atoms with van der Waals surface area (Å²) in [5, 5.41) is 9.83. The SMILES string of the molecule is CC1(CC2C(C#N)C(c3cccc(Cl)c3F)C2(C)N)CCCCC1. The van der Waals surface area contributed by atoms with Gasteiger partial charge < -0.3 is 5.73 Å². The second-order valence-electron chi connectivity index (χ2n) is 8.32. The number of nitrogens with two attached hydrogens (primary N) is 1. The third-order valence-electron chi connectivity index (χ3n) is 6.50. The highest BCUT2D eigenvalue weighted by Crippen LogP contribution is 2.59. The van der Waals surface area contributed by atoms with Crippen molar-refractivity contribution in [3.8, 4) is 6.07 Å². The number of nitrogens with zero attached hydrogens (tertiary/aromatic N) is 1. The zero-order valence-corrected chi connectivity index (χ0v) is 15.2. The normalized spacial score (nSPS) is 35.1. The predicted molar refractivity (Wildman–Crippen MR) is 95.1 cm³/mol. The molecule has 2 N–H and O–H groups in total. The molecule has 2 aliphatic carbocycles. The number of rotatable bonds is 3. The van der Waals surface area contributed by atoms with Crippen molar-refractivity contribution in [2.24, 2.45) is 23.0 Å². The average molecular weight is 349 g/mol. The molecular formula is C20H26ClFN2. The Balaban J connectivity index is 1.87. The maximum atomic E-state index is 14.5. The minimum absolute atomic E-state index is 0.0997. The lowest BCUT2D eigenvalue weighted by atomic mass is 9.47. The van der Waals surface area contributed by atoms with Gasteiger partial charge in [0.05, 0.1) is 17.0 Å². The van der Waals surface area contributed by atoms with Crippen molar-refractivity contribution in [1.82, 2.24) is 0 Å². The first kappa shape index (κ1) is 17.7. The molecule has 130 valence electrons. The maximum absolute atomic E-state index is 14.5. The summed E-state index contributed by atoms with van der Waals surface area (Å²) >= 11 is 5.94. The second kappa shape index (κ2) is 6.32. The molecule has 2 nitrogen and oxygen atoms in total. The molecule has 2 aliphatic rings. The van der Waals surface area contributed by atoms with Crippen molar-refractivity contribution in [1.29, 1.82) is 5.26 Å². The Labute approximate surface area is 149 Å². The van der Waals surface area contributed by atoms with Gasteiger partial charge in [-0.3, -0.25) is 0 Å². The van der Waals surface area contributed by atoms with Crippen molar-refractivity contribution < 1.29 is 4.39 Å². The maximum Gasteiger partial charge on any atom is 0.145 e. The Morgan fingerprint density at radius 3 is 2.58 bits per heavy atom. The summed E-state index contributed by atoms with van der Waals surface area (Å²) in [5.41, 5.74) is 6.82. The number of halogens is 2. The third kappa shape index (κ3) is 2.85. The first-order valence-corrected chi connectivity index (χ1v) is 9.30. The zero-order valence-electron chi connectivity index (χ0n) is 14.5. The van der Waals surface area contributed by atoms with Gasteiger partial charge in [-0.05, 0) is 49.1 Å². The number of benzene rings is 1. The molecule has 2 fully saturated rings. The highest BCUT2D eigenvalue weighted by molar-refractivity contribution is 6.30. The Kier molecular flexibility index (Phi) is 4.66. The standard InChI is InChI=1S/C20H26ClFN2/c1-19(9-4-3-5-10-19)11-15-14(12-23)17(20(15,2)24)13-7-6-8-16(21)18(13)22/h6-8,14-15,17H,3-5,9-11,24H2,1-2H3. The third-order valence-corrected chi connectivity index (χ3v) is 6.79. The van der Waals surface area contributed by atoms with Crippen LogP contribution in [0.5, 0.6) is 0 Å². The van der Waals surface area contributed by atoms with Crippen molar-refractivity contribution >= 4 is 11.6 Å². The Bertz CT molecular complexity index is 658. The van der Waals surface area contributed by atoms with E-state index in [2.05, 4.69) is 13.0 Å². The molecular weight excluding hydrogens is 323 g/mol. The van der Waals surface area contributed by atoms with E-state index in [4.69, 9.17) is 17.3 Å². The molecule has 0 heterocycles. The van der Waals surface area contributed by atoms with Gasteiger partial charge in [-0.25, -0.2) is 4.39 Å². The molecule has 0 bridgehead atoms. The van der Waals surface area contributed by atoms with Crippen LogP contribution in [0, 0.1) is 34.4 Å². The zero-order chi connectivity index (χ0) is 17.5. The number of hydrogen-bond acceptors (Lipinski definition) is 2. The summed E-state index contributed by atoms with van der Waals surface area (Å²) in [6.45, 7) is 4.30. The van der Waals surface area contributed by atoms with E-state index in [-0.39, 0.29) is 28.2 Å². The Hall–Kier alpha value is -1.11. The summed E-state index contributed by atoms with van der Waals surface area (Å²) in [4.78, 5) is 0. The van der Waals surface area contributed by atoms with Crippen molar-refractivity contribution in [2.45, 2.75) is 63.8 Å². The Morgan fingerprint density at radius 2 is 1.96 bits per heavy atom. The number of hydrogen-bond donors (Lipinski definition) is 1. The lowest BCUT2D eigenvalue weighted by molar-refractivity contribution is -0.000923. The van der Waals surface area contributed by atoms with E-state index in [0.717, 1.165) is 6.42 Å². The molecule has 0 aliphatic heterocycles. The summed E-state index contributed by atoms with van der Waals surface area (Å²) in [7, 11) is 0. The van der Waals surface area contributed by atoms with E-state index in [0.29, 0.717) is 5.56 Å². The minimum atomic E-state index is -0.577. The summed E-state index contributed by atoms with van der Waals surface area (Å²) in [6, 6.07) is 7.42. The van der Waals surface area contributed by atoms with Crippen LogP contribution >= 0.6 is 11.6 Å². The van der Waals surface area contributed by atoms with E-state index < -0.39 is 11.4 Å². The summed E-state index contributed by atoms with van der Waals surface area (Å²) in [6.07, 6.45) is 7.18. The van der Waals surface area contributed by atoms with Gasteiger partial charge in [-0.1, -0.05) is 49.9 Å².